The first-order valence-electron chi connectivity index (χ1n) is 5.27. The molecule has 0 unspecified atom stereocenters. The van der Waals surface area contributed by atoms with Crippen LogP contribution in [0.15, 0.2) is 42.7 Å². The first kappa shape index (κ1) is 11.7. The maximum atomic E-state index is 11.0. The zero-order valence-corrected chi connectivity index (χ0v) is 9.55. The van der Waals surface area contributed by atoms with Gasteiger partial charge in [-0.1, -0.05) is 17.9 Å². The molecule has 88 valence electrons. The summed E-state index contributed by atoms with van der Waals surface area (Å²) in [5.74, 6) is 5.33. The minimum atomic E-state index is -0.518. The summed E-state index contributed by atoms with van der Waals surface area (Å²) in [6, 6.07) is 8.86. The average molecular weight is 237 g/mol. The van der Waals surface area contributed by atoms with Crippen molar-refractivity contribution in [2.75, 3.05) is 5.73 Å². The van der Waals surface area contributed by atoms with E-state index in [-0.39, 0.29) is 0 Å². The molecule has 0 aliphatic rings. The summed E-state index contributed by atoms with van der Waals surface area (Å²) >= 11 is 0. The van der Waals surface area contributed by atoms with E-state index in [4.69, 9.17) is 11.5 Å². The van der Waals surface area contributed by atoms with Crippen molar-refractivity contribution in [3.8, 4) is 11.8 Å². The Labute approximate surface area is 105 Å². The van der Waals surface area contributed by atoms with E-state index in [1.807, 2.05) is 12.1 Å². The van der Waals surface area contributed by atoms with E-state index in [1.165, 1.54) is 6.20 Å². The molecule has 1 amide bonds. The summed E-state index contributed by atoms with van der Waals surface area (Å²) in [5, 5.41) is 0. The fraction of sp³-hybridized carbons (Fsp3) is 0. The Morgan fingerprint density at radius 3 is 2.61 bits per heavy atom. The average Bonchev–Trinajstić information content (AvgIpc) is 2.37. The number of primary amides is 1. The molecule has 18 heavy (non-hydrogen) atoms. The molecule has 1 aromatic heterocycles. The molecular weight excluding hydrogens is 226 g/mol. The van der Waals surface area contributed by atoms with E-state index in [1.54, 1.807) is 24.4 Å². The Bertz CT molecular complexity index is 653. The SMILES string of the molecule is NC(=O)c1cncc(C#Cc2cccc(N)c2)c1. The van der Waals surface area contributed by atoms with E-state index in [9.17, 15) is 4.79 Å². The second-order valence-electron chi connectivity index (χ2n) is 3.70. The van der Waals surface area contributed by atoms with Gasteiger partial charge in [0.15, 0.2) is 0 Å². The number of nitrogen functional groups attached to an aromatic ring is 1. The van der Waals surface area contributed by atoms with Crippen LogP contribution in [-0.4, -0.2) is 10.9 Å². The largest absolute Gasteiger partial charge is 0.399 e. The molecule has 0 bridgehead atoms. The predicted octanol–water partition coefficient (Wildman–Crippen LogP) is 1.16. The van der Waals surface area contributed by atoms with Gasteiger partial charge in [0.1, 0.15) is 0 Å². The second-order valence-corrected chi connectivity index (χ2v) is 3.70. The van der Waals surface area contributed by atoms with Gasteiger partial charge >= 0.3 is 0 Å². The van der Waals surface area contributed by atoms with Crippen LogP contribution in [0.4, 0.5) is 5.69 Å². The second kappa shape index (κ2) is 5.02. The number of nitrogens with zero attached hydrogens (tertiary/aromatic N) is 1. The van der Waals surface area contributed by atoms with Crippen LogP contribution < -0.4 is 11.5 Å². The van der Waals surface area contributed by atoms with Gasteiger partial charge in [0, 0.05) is 29.2 Å². The number of aromatic nitrogens is 1. The number of benzene rings is 1. The maximum Gasteiger partial charge on any atom is 0.250 e. The minimum Gasteiger partial charge on any atom is -0.399 e. The van der Waals surface area contributed by atoms with Gasteiger partial charge in [0.2, 0.25) is 5.91 Å². The Balaban J connectivity index is 2.30. The number of anilines is 1. The van der Waals surface area contributed by atoms with Crippen molar-refractivity contribution in [2.45, 2.75) is 0 Å². The van der Waals surface area contributed by atoms with Crippen molar-refractivity contribution in [2.24, 2.45) is 5.73 Å². The van der Waals surface area contributed by atoms with Crippen LogP contribution in [0.25, 0.3) is 0 Å². The Morgan fingerprint density at radius 1 is 1.11 bits per heavy atom. The molecule has 0 saturated heterocycles. The lowest BCUT2D eigenvalue weighted by Crippen LogP contribution is -2.11. The van der Waals surface area contributed by atoms with Crippen molar-refractivity contribution in [1.82, 2.24) is 4.98 Å². The Kier molecular flexibility index (Phi) is 3.26. The molecule has 0 atom stereocenters. The highest BCUT2D eigenvalue weighted by molar-refractivity contribution is 5.92. The molecule has 1 heterocycles. The van der Waals surface area contributed by atoms with Crippen LogP contribution in [0.2, 0.25) is 0 Å². The van der Waals surface area contributed by atoms with E-state index in [0.29, 0.717) is 16.8 Å². The summed E-state index contributed by atoms with van der Waals surface area (Å²) in [6.45, 7) is 0. The lowest BCUT2D eigenvalue weighted by molar-refractivity contribution is 0.1000. The molecule has 4 N–H and O–H groups in total. The zero-order chi connectivity index (χ0) is 13.0. The van der Waals surface area contributed by atoms with E-state index in [0.717, 1.165) is 5.56 Å². The zero-order valence-electron chi connectivity index (χ0n) is 9.55. The van der Waals surface area contributed by atoms with Crippen LogP contribution in [-0.2, 0) is 0 Å². The number of carbonyl (C=O) groups is 1. The van der Waals surface area contributed by atoms with Gasteiger partial charge in [-0.05, 0) is 24.3 Å². The number of pyridine rings is 1. The predicted molar refractivity (Wildman–Crippen MR) is 69.6 cm³/mol. The standard InChI is InChI=1S/C14H11N3O/c15-13-3-1-2-10(7-13)4-5-11-6-12(14(16)18)9-17-8-11/h1-3,6-9H,15H2,(H2,16,18). The molecule has 0 spiro atoms. The minimum absolute atomic E-state index is 0.342. The summed E-state index contributed by atoms with van der Waals surface area (Å²) < 4.78 is 0. The van der Waals surface area contributed by atoms with Crippen molar-refractivity contribution in [3.05, 3.63) is 59.4 Å². The maximum absolute atomic E-state index is 11.0. The summed E-state index contributed by atoms with van der Waals surface area (Å²) in [4.78, 5) is 14.9. The van der Waals surface area contributed by atoms with Gasteiger partial charge in [-0.25, -0.2) is 0 Å². The molecular formula is C14H11N3O. The Morgan fingerprint density at radius 2 is 1.89 bits per heavy atom. The number of hydrogen-bond acceptors (Lipinski definition) is 3. The van der Waals surface area contributed by atoms with E-state index < -0.39 is 5.91 Å². The number of amides is 1. The van der Waals surface area contributed by atoms with Crippen LogP contribution in [0.1, 0.15) is 21.5 Å². The Hall–Kier alpha value is -2.80. The van der Waals surface area contributed by atoms with Crippen LogP contribution in [0.3, 0.4) is 0 Å². The molecule has 0 saturated carbocycles. The summed E-state index contributed by atoms with van der Waals surface area (Å²) in [5.41, 5.74) is 13.3. The van der Waals surface area contributed by atoms with Crippen molar-refractivity contribution in [1.29, 1.82) is 0 Å². The third-order valence-corrected chi connectivity index (χ3v) is 2.26. The summed E-state index contributed by atoms with van der Waals surface area (Å²) in [6.07, 6.45) is 2.99. The number of carbonyl (C=O) groups excluding carboxylic acids is 1. The van der Waals surface area contributed by atoms with Crippen molar-refractivity contribution in [3.63, 3.8) is 0 Å². The molecule has 2 aromatic rings. The normalized spacial score (nSPS) is 9.33. The van der Waals surface area contributed by atoms with Crippen LogP contribution >= 0.6 is 0 Å². The topological polar surface area (TPSA) is 82.0 Å². The fourth-order valence-electron chi connectivity index (χ4n) is 1.40. The van der Waals surface area contributed by atoms with Gasteiger partial charge in [0.05, 0.1) is 5.56 Å². The molecule has 2 rings (SSSR count). The molecule has 1 aromatic carbocycles. The molecule has 4 heteroatoms. The highest BCUT2D eigenvalue weighted by atomic mass is 16.1. The van der Waals surface area contributed by atoms with Gasteiger partial charge < -0.3 is 11.5 Å². The molecule has 0 radical (unpaired) electrons. The van der Waals surface area contributed by atoms with Crippen molar-refractivity contribution >= 4 is 11.6 Å². The number of nitrogens with two attached hydrogens (primary N) is 2. The highest BCUT2D eigenvalue weighted by Gasteiger charge is 2.00. The first-order valence-corrected chi connectivity index (χ1v) is 5.27. The lowest BCUT2D eigenvalue weighted by atomic mass is 10.1. The quantitative estimate of drug-likeness (QED) is 0.576. The molecule has 0 aliphatic carbocycles. The first-order chi connectivity index (χ1) is 8.65. The monoisotopic (exact) mass is 237 g/mol. The van der Waals surface area contributed by atoms with Crippen LogP contribution in [0.5, 0.6) is 0 Å². The van der Waals surface area contributed by atoms with Gasteiger partial charge in [-0.15, -0.1) is 0 Å². The van der Waals surface area contributed by atoms with Crippen LogP contribution in [0, 0.1) is 11.8 Å². The third kappa shape index (κ3) is 2.86. The number of rotatable bonds is 1. The molecule has 0 aliphatic heterocycles. The van der Waals surface area contributed by atoms with E-state index >= 15 is 0 Å². The van der Waals surface area contributed by atoms with Gasteiger partial charge in [-0.2, -0.15) is 0 Å². The van der Waals surface area contributed by atoms with Gasteiger partial charge in [0.25, 0.3) is 0 Å². The highest BCUT2D eigenvalue weighted by Crippen LogP contribution is 2.06. The summed E-state index contributed by atoms with van der Waals surface area (Å²) in [7, 11) is 0. The molecule has 0 fully saturated rings. The number of hydrogen-bond donors (Lipinski definition) is 2. The third-order valence-electron chi connectivity index (χ3n) is 2.26. The molecule has 4 nitrogen and oxygen atoms in total. The van der Waals surface area contributed by atoms with Gasteiger partial charge in [-0.3, -0.25) is 9.78 Å². The lowest BCUT2D eigenvalue weighted by Gasteiger charge is -1.95. The van der Waals surface area contributed by atoms with E-state index in [2.05, 4.69) is 16.8 Å². The smallest absolute Gasteiger partial charge is 0.250 e. The van der Waals surface area contributed by atoms with Crippen molar-refractivity contribution < 1.29 is 4.79 Å². The fourth-order valence-corrected chi connectivity index (χ4v) is 1.40.